The summed E-state index contributed by atoms with van der Waals surface area (Å²) in [5, 5.41) is 3.73. The van der Waals surface area contributed by atoms with Gasteiger partial charge in [-0.2, -0.15) is 0 Å². The monoisotopic (exact) mass is 537 g/mol. The molecule has 2 saturated carbocycles. The van der Waals surface area contributed by atoms with Crippen LogP contribution in [0.5, 0.6) is 0 Å². The number of hydrogen-bond donors (Lipinski definition) is 1. The number of carbonyl (C=O) groups excluding carboxylic acids is 3. The number of benzene rings is 1. The Hall–Kier alpha value is -2.93. The summed E-state index contributed by atoms with van der Waals surface area (Å²) >= 11 is 0. The highest BCUT2D eigenvalue weighted by molar-refractivity contribution is 5.91. The lowest BCUT2D eigenvalue weighted by molar-refractivity contribution is -0.191. The Bertz CT molecular complexity index is 1130. The van der Waals surface area contributed by atoms with E-state index in [1.165, 1.54) is 19.4 Å². The molecule has 212 valence electrons. The van der Waals surface area contributed by atoms with Gasteiger partial charge in [-0.05, 0) is 67.9 Å². The zero-order chi connectivity index (χ0) is 28.4. The Balaban J connectivity index is 1.66. The second kappa shape index (κ2) is 11.7. The van der Waals surface area contributed by atoms with Crippen LogP contribution < -0.4 is 5.32 Å². The summed E-state index contributed by atoms with van der Waals surface area (Å²) in [7, 11) is 0. The fourth-order valence-corrected chi connectivity index (χ4v) is 7.57. The predicted molar refractivity (Wildman–Crippen MR) is 148 cm³/mol. The Morgan fingerprint density at radius 3 is 2.49 bits per heavy atom. The summed E-state index contributed by atoms with van der Waals surface area (Å²) < 4.78 is 16.8. The van der Waals surface area contributed by atoms with Crippen molar-refractivity contribution in [1.29, 1.82) is 0 Å². The lowest BCUT2D eigenvalue weighted by Gasteiger charge is -2.60. The predicted octanol–water partition coefficient (Wildman–Crippen LogP) is 5.46. The van der Waals surface area contributed by atoms with Crippen LogP contribution in [0.3, 0.4) is 0 Å². The Labute approximate surface area is 232 Å². The van der Waals surface area contributed by atoms with Crippen molar-refractivity contribution in [3.63, 3.8) is 0 Å². The molecule has 1 aliphatic heterocycles. The van der Waals surface area contributed by atoms with Crippen molar-refractivity contribution in [3.05, 3.63) is 59.7 Å². The number of nitrogens with one attached hydrogen (secondary N) is 1. The normalized spacial score (nSPS) is 31.9. The minimum atomic E-state index is -0.533. The first kappa shape index (κ1) is 29.1. The van der Waals surface area contributed by atoms with E-state index in [-0.39, 0.29) is 60.0 Å². The minimum Gasteiger partial charge on any atom is -0.465 e. The molecule has 0 amide bonds. The highest BCUT2D eigenvalue weighted by Gasteiger charge is 2.60. The fourth-order valence-electron chi connectivity index (χ4n) is 7.57. The van der Waals surface area contributed by atoms with Gasteiger partial charge in [-0.3, -0.25) is 9.59 Å². The minimum absolute atomic E-state index is 0.0277. The van der Waals surface area contributed by atoms with Gasteiger partial charge < -0.3 is 19.5 Å². The van der Waals surface area contributed by atoms with Crippen LogP contribution in [0.25, 0.3) is 0 Å². The molecule has 7 nitrogen and oxygen atoms in total. The molecule has 1 aromatic rings. The first-order valence-electron chi connectivity index (χ1n) is 14.1. The summed E-state index contributed by atoms with van der Waals surface area (Å²) in [5.41, 5.74) is 2.29. The number of esters is 3. The first-order valence-corrected chi connectivity index (χ1v) is 14.1. The van der Waals surface area contributed by atoms with Crippen LogP contribution in [0.2, 0.25) is 0 Å². The molecule has 7 atom stereocenters. The summed E-state index contributed by atoms with van der Waals surface area (Å²) in [6.45, 7) is 14.4. The van der Waals surface area contributed by atoms with Crippen molar-refractivity contribution in [2.45, 2.75) is 84.9 Å². The lowest BCUT2D eigenvalue weighted by Crippen LogP contribution is -2.59. The Morgan fingerprint density at radius 2 is 1.87 bits per heavy atom. The van der Waals surface area contributed by atoms with Crippen molar-refractivity contribution < 1.29 is 28.6 Å². The van der Waals surface area contributed by atoms with E-state index in [1.54, 1.807) is 0 Å². The van der Waals surface area contributed by atoms with Crippen LogP contribution in [-0.2, 0) is 28.6 Å². The van der Waals surface area contributed by atoms with Gasteiger partial charge in [0, 0.05) is 31.3 Å². The third-order valence-electron chi connectivity index (χ3n) is 9.56. The molecule has 2 aliphatic carbocycles. The van der Waals surface area contributed by atoms with Crippen LogP contribution in [0.4, 0.5) is 0 Å². The van der Waals surface area contributed by atoms with Crippen LogP contribution in [0.1, 0.15) is 78.3 Å². The lowest BCUT2D eigenvalue weighted by atomic mass is 9.46. The van der Waals surface area contributed by atoms with Gasteiger partial charge in [0.1, 0.15) is 19.3 Å². The molecule has 0 radical (unpaired) electrons. The molecule has 1 aromatic carbocycles. The highest BCUT2D eigenvalue weighted by atomic mass is 16.6. The summed E-state index contributed by atoms with van der Waals surface area (Å²) in [6.07, 6.45) is 5.50. The number of ether oxygens (including phenoxy) is 3. The molecule has 1 heterocycles. The van der Waals surface area contributed by atoms with E-state index in [2.05, 4.69) is 44.8 Å². The maximum absolute atomic E-state index is 12.8. The molecule has 0 unspecified atom stereocenters. The van der Waals surface area contributed by atoms with Crippen LogP contribution in [0, 0.1) is 22.7 Å². The standard InChI is InChI=1S/C32H43NO6/c1-20-12-13-28-31(5,16-14-29(39-23(4)35)32(28,6)19-38-22(3)34)26(20)18-27(25-15-17-37-30(25)36)33-21(2)24-10-8-7-9-11-24/h7-11,15,21,26-29,33H,1,12-14,16-19H2,2-6H3/t21-,26+,27-,28+,29+,31-,32-/m0/s1. The van der Waals surface area contributed by atoms with E-state index >= 15 is 0 Å². The van der Waals surface area contributed by atoms with Gasteiger partial charge in [-0.25, -0.2) is 4.79 Å². The van der Waals surface area contributed by atoms with Gasteiger partial charge in [0.25, 0.3) is 0 Å². The molecule has 2 fully saturated rings. The van der Waals surface area contributed by atoms with Crippen LogP contribution >= 0.6 is 0 Å². The first-order chi connectivity index (χ1) is 18.5. The third kappa shape index (κ3) is 5.98. The van der Waals surface area contributed by atoms with Gasteiger partial charge in [0.2, 0.25) is 0 Å². The van der Waals surface area contributed by atoms with E-state index in [0.717, 1.165) is 24.8 Å². The van der Waals surface area contributed by atoms with E-state index in [4.69, 9.17) is 14.2 Å². The molecule has 1 N–H and O–H groups in total. The van der Waals surface area contributed by atoms with E-state index in [0.29, 0.717) is 25.0 Å². The van der Waals surface area contributed by atoms with E-state index < -0.39 is 5.41 Å². The third-order valence-corrected chi connectivity index (χ3v) is 9.56. The topological polar surface area (TPSA) is 90.9 Å². The summed E-state index contributed by atoms with van der Waals surface area (Å²) in [6, 6.07) is 10.0. The second-order valence-corrected chi connectivity index (χ2v) is 12.1. The maximum atomic E-state index is 12.8. The van der Waals surface area contributed by atoms with Gasteiger partial charge in [0.05, 0.1) is 5.57 Å². The smallest absolute Gasteiger partial charge is 0.335 e. The van der Waals surface area contributed by atoms with Gasteiger partial charge in [0.15, 0.2) is 0 Å². The SMILES string of the molecule is C=C1CC[C@H]2[C@](C)(COC(C)=O)[C@H](OC(C)=O)CC[C@@]2(C)[C@@H]1C[C@H](N[C@@H](C)c1ccccc1)C1=CCOC1=O. The number of carbonyl (C=O) groups is 3. The zero-order valence-electron chi connectivity index (χ0n) is 24.0. The number of allylic oxidation sites excluding steroid dienone is 1. The summed E-state index contributed by atoms with van der Waals surface area (Å²) in [5.74, 6) is -0.683. The van der Waals surface area contributed by atoms with E-state index in [1.807, 2.05) is 24.3 Å². The van der Waals surface area contributed by atoms with Crippen molar-refractivity contribution in [3.8, 4) is 0 Å². The number of cyclic esters (lactones) is 1. The number of rotatable bonds is 9. The fraction of sp³-hybridized carbons (Fsp3) is 0.594. The quantitative estimate of drug-likeness (QED) is 0.254. The van der Waals surface area contributed by atoms with Gasteiger partial charge >= 0.3 is 17.9 Å². The average Bonchev–Trinajstić information content (AvgIpc) is 3.32. The number of hydrogen-bond acceptors (Lipinski definition) is 7. The molecule has 3 aliphatic rings. The largest absolute Gasteiger partial charge is 0.465 e. The van der Waals surface area contributed by atoms with Crippen LogP contribution in [-0.4, -0.2) is 43.3 Å². The average molecular weight is 538 g/mol. The zero-order valence-corrected chi connectivity index (χ0v) is 24.0. The Kier molecular flexibility index (Phi) is 8.69. The molecule has 39 heavy (non-hydrogen) atoms. The van der Waals surface area contributed by atoms with Crippen molar-refractivity contribution in [2.24, 2.45) is 22.7 Å². The highest BCUT2D eigenvalue weighted by Crippen LogP contribution is 2.62. The summed E-state index contributed by atoms with van der Waals surface area (Å²) in [4.78, 5) is 36.7. The molecule has 0 spiro atoms. The van der Waals surface area contributed by atoms with E-state index in [9.17, 15) is 14.4 Å². The molecular formula is C32H43NO6. The molecule has 0 saturated heterocycles. The van der Waals surface area contributed by atoms with Gasteiger partial charge in [-0.15, -0.1) is 0 Å². The van der Waals surface area contributed by atoms with Crippen molar-refractivity contribution >= 4 is 17.9 Å². The van der Waals surface area contributed by atoms with Crippen molar-refractivity contribution in [1.82, 2.24) is 5.32 Å². The molecule has 0 bridgehead atoms. The van der Waals surface area contributed by atoms with Crippen LogP contribution in [0.15, 0.2) is 54.1 Å². The number of fused-ring (bicyclic) bond motifs is 1. The second-order valence-electron chi connectivity index (χ2n) is 12.1. The maximum Gasteiger partial charge on any atom is 0.335 e. The Morgan fingerprint density at radius 1 is 1.15 bits per heavy atom. The molecule has 4 rings (SSSR count). The van der Waals surface area contributed by atoms with Crippen molar-refractivity contribution in [2.75, 3.05) is 13.2 Å². The molecular weight excluding hydrogens is 494 g/mol. The van der Waals surface area contributed by atoms with Gasteiger partial charge in [-0.1, -0.05) is 56.3 Å². The molecule has 7 heteroatoms. The molecule has 0 aromatic heterocycles.